The molecule has 3 aliphatic carbocycles. The summed E-state index contributed by atoms with van der Waals surface area (Å²) in [6.45, 7) is 3.24. The summed E-state index contributed by atoms with van der Waals surface area (Å²) in [5, 5.41) is 4.95. The lowest BCUT2D eigenvalue weighted by molar-refractivity contribution is -0.0494. The standard InChI is InChI=1S/C24H31F2N5O2/c1-24-12-16(30-5-7-32-8-6-30)10-17(24)21(24)19-11-18(29-31(19)15-3-2-4-15)14-9-20(33-23(25)26)22(27)28-13-14/h9,11,13,15-17,21,23H,2-8,10,12H2,1H3,(H2,27,28)/t16-,17-,21+,24?/m0/s1. The molecule has 4 aliphatic rings. The van der Waals surface area contributed by atoms with Gasteiger partial charge in [-0.1, -0.05) is 6.92 Å². The molecule has 33 heavy (non-hydrogen) atoms. The lowest BCUT2D eigenvalue weighted by Crippen LogP contribution is -2.43. The average Bonchev–Trinajstić information content (AvgIpc) is 3.06. The van der Waals surface area contributed by atoms with E-state index in [-0.39, 0.29) is 11.6 Å². The lowest BCUT2D eigenvalue weighted by atomic mass is 9.91. The van der Waals surface area contributed by atoms with Gasteiger partial charge in [0.15, 0.2) is 11.6 Å². The lowest BCUT2D eigenvalue weighted by Gasteiger charge is -2.34. The zero-order chi connectivity index (χ0) is 22.7. The summed E-state index contributed by atoms with van der Waals surface area (Å²) in [7, 11) is 0. The molecule has 0 spiro atoms. The third kappa shape index (κ3) is 3.60. The number of rotatable bonds is 6. The second-order valence-corrected chi connectivity index (χ2v) is 10.3. The minimum Gasteiger partial charge on any atom is -0.431 e. The number of morpholine rings is 1. The molecule has 1 saturated heterocycles. The fraction of sp³-hybridized carbons (Fsp3) is 0.667. The van der Waals surface area contributed by atoms with E-state index in [9.17, 15) is 8.78 Å². The second-order valence-electron chi connectivity index (χ2n) is 10.3. The Labute approximate surface area is 192 Å². The Hall–Kier alpha value is -2.26. The summed E-state index contributed by atoms with van der Waals surface area (Å²) in [4.78, 5) is 6.68. The fourth-order valence-electron chi connectivity index (χ4n) is 6.48. The normalized spacial score (nSPS) is 32.1. The second kappa shape index (κ2) is 7.91. The number of nitrogen functional groups attached to an aromatic ring is 1. The SMILES string of the molecule is CC12C[C@@H](N3CCOCC3)C[C@H]1[C@@H]2c1cc(-c2cnc(N)c(OC(F)F)c2)nn1C1CCC1. The van der Waals surface area contributed by atoms with Crippen molar-refractivity contribution in [3.63, 3.8) is 0 Å². The minimum absolute atomic E-state index is 0.0453. The van der Waals surface area contributed by atoms with Gasteiger partial charge in [0.2, 0.25) is 0 Å². The van der Waals surface area contributed by atoms with Gasteiger partial charge in [0.25, 0.3) is 0 Å². The topological polar surface area (TPSA) is 78.4 Å². The van der Waals surface area contributed by atoms with Crippen LogP contribution in [-0.4, -0.2) is 58.6 Å². The first-order valence-electron chi connectivity index (χ1n) is 12.1. The van der Waals surface area contributed by atoms with Crippen molar-refractivity contribution in [1.82, 2.24) is 19.7 Å². The molecule has 6 rings (SSSR count). The van der Waals surface area contributed by atoms with E-state index in [0.29, 0.717) is 34.9 Å². The first-order chi connectivity index (χ1) is 15.9. The maximum atomic E-state index is 12.8. The number of nitrogens with two attached hydrogens (primary N) is 1. The van der Waals surface area contributed by atoms with Gasteiger partial charge in [0.1, 0.15) is 0 Å². The van der Waals surface area contributed by atoms with Crippen LogP contribution < -0.4 is 10.5 Å². The Kier molecular flexibility index (Phi) is 5.10. The van der Waals surface area contributed by atoms with E-state index in [4.69, 9.17) is 15.6 Å². The molecular formula is C24H31F2N5O2. The van der Waals surface area contributed by atoms with E-state index >= 15 is 0 Å². The largest absolute Gasteiger partial charge is 0.431 e. The minimum atomic E-state index is -2.95. The Morgan fingerprint density at radius 1 is 1.21 bits per heavy atom. The monoisotopic (exact) mass is 459 g/mol. The summed E-state index contributed by atoms with van der Waals surface area (Å²) in [5.74, 6) is 1.01. The number of halogens is 2. The van der Waals surface area contributed by atoms with Crippen LogP contribution >= 0.6 is 0 Å². The van der Waals surface area contributed by atoms with Gasteiger partial charge in [-0.3, -0.25) is 9.58 Å². The molecular weight excluding hydrogens is 428 g/mol. The first-order valence-corrected chi connectivity index (χ1v) is 12.1. The molecule has 2 N–H and O–H groups in total. The van der Waals surface area contributed by atoms with E-state index in [1.807, 2.05) is 0 Å². The van der Waals surface area contributed by atoms with Crippen LogP contribution in [0.2, 0.25) is 0 Å². The van der Waals surface area contributed by atoms with Crippen molar-refractivity contribution in [3.8, 4) is 17.0 Å². The number of pyridine rings is 1. The summed E-state index contributed by atoms with van der Waals surface area (Å²) >= 11 is 0. The fourth-order valence-corrected chi connectivity index (χ4v) is 6.48. The third-order valence-electron chi connectivity index (χ3n) is 8.51. The zero-order valence-electron chi connectivity index (χ0n) is 18.9. The number of fused-ring (bicyclic) bond motifs is 1. The predicted octanol–water partition coefficient (Wildman–Crippen LogP) is 4.07. The molecule has 1 unspecified atom stereocenters. The average molecular weight is 460 g/mol. The summed E-state index contributed by atoms with van der Waals surface area (Å²) < 4.78 is 37.9. The Bertz CT molecular complexity index is 1040. The van der Waals surface area contributed by atoms with Gasteiger partial charge in [-0.2, -0.15) is 13.9 Å². The maximum absolute atomic E-state index is 12.8. The first kappa shape index (κ1) is 21.3. The third-order valence-corrected chi connectivity index (χ3v) is 8.51. The van der Waals surface area contributed by atoms with Crippen LogP contribution in [0.3, 0.4) is 0 Å². The van der Waals surface area contributed by atoms with E-state index < -0.39 is 6.61 Å². The van der Waals surface area contributed by atoms with Crippen LogP contribution in [0.15, 0.2) is 18.3 Å². The highest BCUT2D eigenvalue weighted by Crippen LogP contribution is 2.73. The molecule has 0 amide bonds. The number of ether oxygens (including phenoxy) is 2. The van der Waals surface area contributed by atoms with Gasteiger partial charge in [0, 0.05) is 42.5 Å². The van der Waals surface area contributed by atoms with Gasteiger partial charge in [-0.25, -0.2) is 4.98 Å². The van der Waals surface area contributed by atoms with Crippen molar-refractivity contribution in [2.75, 3.05) is 32.0 Å². The maximum Gasteiger partial charge on any atom is 0.387 e. The van der Waals surface area contributed by atoms with E-state index in [1.165, 1.54) is 31.0 Å². The molecule has 1 aliphatic heterocycles. The Morgan fingerprint density at radius 3 is 2.64 bits per heavy atom. The summed E-state index contributed by atoms with van der Waals surface area (Å²) in [5.41, 5.74) is 8.73. The molecule has 3 saturated carbocycles. The molecule has 178 valence electrons. The van der Waals surface area contributed by atoms with Gasteiger partial charge >= 0.3 is 6.61 Å². The molecule has 0 radical (unpaired) electrons. The Morgan fingerprint density at radius 2 is 2.00 bits per heavy atom. The summed E-state index contributed by atoms with van der Waals surface area (Å²) in [6.07, 6.45) is 7.52. The van der Waals surface area contributed by atoms with Crippen molar-refractivity contribution < 1.29 is 18.3 Å². The van der Waals surface area contributed by atoms with E-state index in [0.717, 1.165) is 44.8 Å². The van der Waals surface area contributed by atoms with Crippen LogP contribution in [0.25, 0.3) is 11.3 Å². The Balaban J connectivity index is 1.27. The molecule has 0 aromatic carbocycles. The molecule has 4 atom stereocenters. The number of anilines is 1. The van der Waals surface area contributed by atoms with Gasteiger partial charge in [-0.15, -0.1) is 0 Å². The van der Waals surface area contributed by atoms with Crippen molar-refractivity contribution in [3.05, 3.63) is 24.0 Å². The highest BCUT2D eigenvalue weighted by Gasteiger charge is 2.67. The quantitative estimate of drug-likeness (QED) is 0.702. The summed E-state index contributed by atoms with van der Waals surface area (Å²) in [6, 6.07) is 4.74. The highest BCUT2D eigenvalue weighted by molar-refractivity contribution is 5.64. The van der Waals surface area contributed by atoms with Crippen LogP contribution in [0.5, 0.6) is 5.75 Å². The zero-order valence-corrected chi connectivity index (χ0v) is 18.9. The number of hydrogen-bond donors (Lipinski definition) is 1. The van der Waals surface area contributed by atoms with E-state index in [2.05, 4.69) is 32.3 Å². The van der Waals surface area contributed by atoms with Crippen LogP contribution in [-0.2, 0) is 4.74 Å². The van der Waals surface area contributed by atoms with Crippen LogP contribution in [0.4, 0.5) is 14.6 Å². The molecule has 2 aromatic rings. The van der Waals surface area contributed by atoms with E-state index in [1.54, 1.807) is 6.20 Å². The molecule has 4 fully saturated rings. The number of hydrogen-bond acceptors (Lipinski definition) is 6. The number of nitrogens with zero attached hydrogens (tertiary/aromatic N) is 4. The molecule has 7 nitrogen and oxygen atoms in total. The van der Waals surface area contributed by atoms with Crippen molar-refractivity contribution in [2.45, 2.75) is 63.6 Å². The van der Waals surface area contributed by atoms with Gasteiger partial charge in [0.05, 0.1) is 24.9 Å². The highest BCUT2D eigenvalue weighted by atomic mass is 19.3. The van der Waals surface area contributed by atoms with Crippen LogP contribution in [0, 0.1) is 11.3 Å². The predicted molar refractivity (Wildman–Crippen MR) is 119 cm³/mol. The molecule has 2 aromatic heterocycles. The number of aromatic nitrogens is 3. The number of alkyl halides is 2. The van der Waals surface area contributed by atoms with Crippen molar-refractivity contribution in [2.24, 2.45) is 11.3 Å². The molecule has 0 bridgehead atoms. The van der Waals surface area contributed by atoms with Gasteiger partial charge in [-0.05, 0) is 55.6 Å². The van der Waals surface area contributed by atoms with Crippen molar-refractivity contribution in [1.29, 1.82) is 0 Å². The van der Waals surface area contributed by atoms with Gasteiger partial charge < -0.3 is 15.2 Å². The molecule has 9 heteroatoms. The molecule has 3 heterocycles. The smallest absolute Gasteiger partial charge is 0.387 e. The van der Waals surface area contributed by atoms with Crippen LogP contribution in [0.1, 0.15) is 56.7 Å². The van der Waals surface area contributed by atoms with Crippen molar-refractivity contribution >= 4 is 5.82 Å².